The van der Waals surface area contributed by atoms with E-state index in [2.05, 4.69) is 6.92 Å². The standard InChI is InChI=1S/C33H30O3P2/c1-3-26-23-24-32(38(35,29-19-11-6-12-20-29)31-22-14-13-21-30(31)36-2)33(25-26)37(34,27-15-7-4-8-16-27)28-17-9-5-10-18-28/h4-25H,3H2,1-2H3. The van der Waals surface area contributed by atoms with Crippen LogP contribution in [0.25, 0.3) is 0 Å². The first kappa shape index (κ1) is 26.0. The largest absolute Gasteiger partial charge is 0.496 e. The van der Waals surface area contributed by atoms with Gasteiger partial charge in [0.2, 0.25) is 0 Å². The molecule has 1 atom stereocenters. The van der Waals surface area contributed by atoms with E-state index in [1.807, 2.05) is 133 Å². The van der Waals surface area contributed by atoms with E-state index in [1.54, 1.807) is 7.11 Å². The van der Waals surface area contributed by atoms with Gasteiger partial charge in [0.15, 0.2) is 14.3 Å². The van der Waals surface area contributed by atoms with Gasteiger partial charge < -0.3 is 13.9 Å². The molecule has 5 heteroatoms. The van der Waals surface area contributed by atoms with E-state index in [4.69, 9.17) is 4.74 Å². The Kier molecular flexibility index (Phi) is 7.52. The number of para-hydroxylation sites is 1. The van der Waals surface area contributed by atoms with Crippen LogP contribution in [0, 0.1) is 0 Å². The van der Waals surface area contributed by atoms with Gasteiger partial charge in [-0.2, -0.15) is 0 Å². The van der Waals surface area contributed by atoms with Crippen LogP contribution in [0.2, 0.25) is 0 Å². The molecule has 38 heavy (non-hydrogen) atoms. The van der Waals surface area contributed by atoms with E-state index in [-0.39, 0.29) is 0 Å². The van der Waals surface area contributed by atoms with E-state index in [0.717, 1.165) is 12.0 Å². The third-order valence-corrected chi connectivity index (χ3v) is 13.3. The molecule has 0 aliphatic carbocycles. The number of methoxy groups -OCH3 is 1. The number of hydrogen-bond donors (Lipinski definition) is 0. The van der Waals surface area contributed by atoms with Crippen LogP contribution in [0.15, 0.2) is 133 Å². The summed E-state index contributed by atoms with van der Waals surface area (Å²) in [5.41, 5.74) is 1.04. The van der Waals surface area contributed by atoms with Crippen molar-refractivity contribution in [2.45, 2.75) is 13.3 Å². The minimum absolute atomic E-state index is 0.541. The highest BCUT2D eigenvalue weighted by Gasteiger charge is 2.40. The van der Waals surface area contributed by atoms with Crippen molar-refractivity contribution >= 4 is 46.1 Å². The van der Waals surface area contributed by atoms with Gasteiger partial charge in [-0.1, -0.05) is 116 Å². The van der Waals surface area contributed by atoms with Crippen LogP contribution in [-0.2, 0) is 15.6 Å². The topological polar surface area (TPSA) is 43.4 Å². The maximum absolute atomic E-state index is 15.7. The predicted molar refractivity (Wildman–Crippen MR) is 161 cm³/mol. The summed E-state index contributed by atoms with van der Waals surface area (Å²) in [7, 11) is -5.37. The summed E-state index contributed by atoms with van der Waals surface area (Å²) in [6, 6.07) is 42.0. The molecule has 0 fully saturated rings. The Morgan fingerprint density at radius 3 is 1.50 bits per heavy atom. The summed E-state index contributed by atoms with van der Waals surface area (Å²) in [5.74, 6) is 0.541. The van der Waals surface area contributed by atoms with Crippen molar-refractivity contribution in [3.8, 4) is 5.75 Å². The Morgan fingerprint density at radius 2 is 1.00 bits per heavy atom. The van der Waals surface area contributed by atoms with Gasteiger partial charge in [0.25, 0.3) is 0 Å². The van der Waals surface area contributed by atoms with Gasteiger partial charge in [0.1, 0.15) is 5.75 Å². The minimum Gasteiger partial charge on any atom is -0.496 e. The van der Waals surface area contributed by atoms with Gasteiger partial charge in [0, 0.05) is 26.5 Å². The fraction of sp³-hybridized carbons (Fsp3) is 0.0909. The van der Waals surface area contributed by atoms with Gasteiger partial charge >= 0.3 is 0 Å². The lowest BCUT2D eigenvalue weighted by molar-refractivity contribution is 0.418. The molecule has 0 N–H and O–H groups in total. The molecule has 5 aromatic carbocycles. The lowest BCUT2D eigenvalue weighted by atomic mass is 10.2. The molecular weight excluding hydrogens is 506 g/mol. The lowest BCUT2D eigenvalue weighted by Crippen LogP contribution is -2.39. The summed E-state index contributed by atoms with van der Waals surface area (Å²) < 4.78 is 37.1. The van der Waals surface area contributed by atoms with Gasteiger partial charge in [0.05, 0.1) is 12.4 Å². The number of benzene rings is 5. The molecule has 190 valence electrons. The number of aryl methyl sites for hydroxylation is 1. The van der Waals surface area contributed by atoms with Crippen molar-refractivity contribution in [2.75, 3.05) is 7.11 Å². The second-order valence-corrected chi connectivity index (χ2v) is 14.5. The predicted octanol–water partition coefficient (Wildman–Crippen LogP) is 5.54. The summed E-state index contributed by atoms with van der Waals surface area (Å²) in [6.07, 6.45) is 0.765. The van der Waals surface area contributed by atoms with Crippen LogP contribution >= 0.6 is 14.3 Å². The highest BCUT2D eigenvalue weighted by Crippen LogP contribution is 2.50. The molecule has 0 aliphatic heterocycles. The summed E-state index contributed by atoms with van der Waals surface area (Å²) in [5, 5.41) is 3.85. The fourth-order valence-electron chi connectivity index (χ4n) is 4.95. The molecule has 1 unspecified atom stereocenters. The molecule has 5 rings (SSSR count). The molecule has 0 aromatic heterocycles. The molecule has 0 aliphatic rings. The quantitative estimate of drug-likeness (QED) is 0.245. The van der Waals surface area contributed by atoms with Gasteiger partial charge in [-0.25, -0.2) is 0 Å². The maximum atomic E-state index is 15.7. The molecule has 0 heterocycles. The van der Waals surface area contributed by atoms with E-state index >= 15 is 9.13 Å². The zero-order valence-corrected chi connectivity index (χ0v) is 23.3. The third kappa shape index (κ3) is 4.47. The van der Waals surface area contributed by atoms with Crippen molar-refractivity contribution in [1.29, 1.82) is 0 Å². The first-order chi connectivity index (χ1) is 18.5. The summed E-state index contributed by atoms with van der Waals surface area (Å²) in [6.45, 7) is 2.08. The fourth-order valence-corrected chi connectivity index (χ4v) is 11.4. The monoisotopic (exact) mass is 536 g/mol. The number of hydrogen-bond acceptors (Lipinski definition) is 3. The Balaban J connectivity index is 1.94. The Morgan fingerprint density at radius 1 is 0.526 bits per heavy atom. The third-order valence-electron chi connectivity index (χ3n) is 6.91. The van der Waals surface area contributed by atoms with Crippen LogP contribution in [0.5, 0.6) is 5.75 Å². The lowest BCUT2D eigenvalue weighted by Gasteiger charge is -2.28. The number of rotatable bonds is 8. The zero-order chi connectivity index (χ0) is 26.6. The van der Waals surface area contributed by atoms with E-state index in [1.165, 1.54) is 0 Å². The molecule has 0 saturated heterocycles. The van der Waals surface area contributed by atoms with Crippen LogP contribution in [0.4, 0.5) is 0 Å². The maximum Gasteiger partial charge on any atom is 0.175 e. The molecule has 0 bridgehead atoms. The molecule has 0 radical (unpaired) electrons. The molecular formula is C33H30O3P2. The Hall–Kier alpha value is -3.64. The summed E-state index contributed by atoms with van der Waals surface area (Å²) >= 11 is 0. The first-order valence-electron chi connectivity index (χ1n) is 12.7. The first-order valence-corrected chi connectivity index (χ1v) is 16.1. The van der Waals surface area contributed by atoms with E-state index in [0.29, 0.717) is 37.6 Å². The second-order valence-electron chi connectivity index (χ2n) is 9.07. The minimum atomic E-state index is -3.53. The Bertz CT molecular complexity index is 1590. The molecule has 0 spiro atoms. The van der Waals surface area contributed by atoms with Crippen molar-refractivity contribution in [1.82, 2.24) is 0 Å². The van der Waals surface area contributed by atoms with E-state index in [9.17, 15) is 0 Å². The van der Waals surface area contributed by atoms with Gasteiger partial charge in [-0.05, 0) is 36.2 Å². The Labute approximate surface area is 224 Å². The molecule has 5 aromatic rings. The van der Waals surface area contributed by atoms with E-state index < -0.39 is 14.3 Å². The number of ether oxygens (including phenoxy) is 1. The SMILES string of the molecule is CCc1ccc(P(=O)(c2ccccc2)c2ccccc2OC)c(P(=O)(c2ccccc2)c2ccccc2)c1. The summed E-state index contributed by atoms with van der Waals surface area (Å²) in [4.78, 5) is 0. The smallest absolute Gasteiger partial charge is 0.175 e. The van der Waals surface area contributed by atoms with Crippen molar-refractivity contribution < 1.29 is 13.9 Å². The second kappa shape index (κ2) is 11.0. The van der Waals surface area contributed by atoms with Crippen LogP contribution in [-0.4, -0.2) is 7.11 Å². The van der Waals surface area contributed by atoms with Gasteiger partial charge in [-0.15, -0.1) is 0 Å². The molecule has 0 amide bonds. The van der Waals surface area contributed by atoms with Crippen LogP contribution < -0.4 is 36.6 Å². The molecule has 0 saturated carbocycles. The van der Waals surface area contributed by atoms with Gasteiger partial charge in [-0.3, -0.25) is 0 Å². The van der Waals surface area contributed by atoms with Crippen molar-refractivity contribution in [3.63, 3.8) is 0 Å². The van der Waals surface area contributed by atoms with Crippen LogP contribution in [0.1, 0.15) is 12.5 Å². The average molecular weight is 537 g/mol. The highest BCUT2D eigenvalue weighted by molar-refractivity contribution is 7.91. The zero-order valence-electron chi connectivity index (χ0n) is 21.5. The average Bonchev–Trinajstić information content (AvgIpc) is 3.01. The van der Waals surface area contributed by atoms with Crippen LogP contribution in [0.3, 0.4) is 0 Å². The van der Waals surface area contributed by atoms with Crippen molar-refractivity contribution in [3.05, 3.63) is 139 Å². The van der Waals surface area contributed by atoms with Crippen molar-refractivity contribution in [2.24, 2.45) is 0 Å². The highest BCUT2D eigenvalue weighted by atomic mass is 31.2. The molecule has 3 nitrogen and oxygen atoms in total. The normalized spacial score (nSPS) is 13.0.